The van der Waals surface area contributed by atoms with Crippen LogP contribution >= 0.6 is 0 Å². The van der Waals surface area contributed by atoms with Gasteiger partial charge in [0.2, 0.25) is 0 Å². The average Bonchev–Trinajstić information content (AvgIpc) is 2.86. The summed E-state index contributed by atoms with van der Waals surface area (Å²) in [5.74, 6) is 0. The highest BCUT2D eigenvalue weighted by Gasteiger charge is 2.46. The topological polar surface area (TPSA) is 43.8 Å². The van der Waals surface area contributed by atoms with Crippen LogP contribution < -0.4 is 0 Å². The molecule has 0 saturated carbocycles. The number of amides is 1. The predicted octanol–water partition coefficient (Wildman–Crippen LogP) is 3.19. The molecule has 1 amide bonds. The van der Waals surface area contributed by atoms with Crippen molar-refractivity contribution in [1.82, 2.24) is 9.80 Å². The van der Waals surface area contributed by atoms with E-state index in [4.69, 9.17) is 5.11 Å². The van der Waals surface area contributed by atoms with Crippen molar-refractivity contribution in [2.45, 2.75) is 38.1 Å². The van der Waals surface area contributed by atoms with E-state index in [9.17, 15) is 18.0 Å². The highest BCUT2D eigenvalue weighted by atomic mass is 19.4. The number of nitrogens with zero attached hydrogens (tertiary/aromatic N) is 2. The molecule has 4 nitrogen and oxygen atoms in total. The molecule has 1 aliphatic rings. The molecule has 1 N–H and O–H groups in total. The highest BCUT2D eigenvalue weighted by Crippen LogP contribution is 2.29. The van der Waals surface area contributed by atoms with E-state index in [1.54, 1.807) is 0 Å². The van der Waals surface area contributed by atoms with Crippen LogP contribution in [0.25, 0.3) is 0 Å². The van der Waals surface area contributed by atoms with Crippen molar-refractivity contribution in [3.05, 3.63) is 35.9 Å². The smallest absolute Gasteiger partial charge is 0.408 e. The number of carbonyl (C=O) groups is 1. The van der Waals surface area contributed by atoms with Crippen LogP contribution in [-0.4, -0.2) is 52.3 Å². The average molecular weight is 316 g/mol. The highest BCUT2D eigenvalue weighted by molar-refractivity contribution is 5.66. The molecular formula is C15H19F3N2O2. The van der Waals surface area contributed by atoms with Crippen molar-refractivity contribution in [1.29, 1.82) is 0 Å². The summed E-state index contributed by atoms with van der Waals surface area (Å²) < 4.78 is 38.5. The van der Waals surface area contributed by atoms with Gasteiger partial charge >= 0.3 is 12.3 Å². The Labute approximate surface area is 127 Å². The van der Waals surface area contributed by atoms with E-state index >= 15 is 0 Å². The van der Waals surface area contributed by atoms with Crippen LogP contribution in [0.5, 0.6) is 0 Å². The number of likely N-dealkylation sites (tertiary alicyclic amines) is 1. The maximum atomic E-state index is 12.8. The number of carboxylic acid groups (broad SMARTS) is 1. The molecule has 1 heterocycles. The maximum absolute atomic E-state index is 12.8. The molecule has 1 aromatic rings. The van der Waals surface area contributed by atoms with E-state index in [1.165, 1.54) is 0 Å². The van der Waals surface area contributed by atoms with Gasteiger partial charge in [-0.25, -0.2) is 4.79 Å². The van der Waals surface area contributed by atoms with Gasteiger partial charge in [-0.3, -0.25) is 9.80 Å². The van der Waals surface area contributed by atoms with Gasteiger partial charge in [-0.2, -0.15) is 13.2 Å². The Kier molecular flexibility index (Phi) is 4.95. The molecule has 2 rings (SSSR count). The van der Waals surface area contributed by atoms with Crippen molar-refractivity contribution in [2.75, 3.05) is 13.1 Å². The first-order valence-electron chi connectivity index (χ1n) is 7.13. The van der Waals surface area contributed by atoms with E-state index in [0.717, 1.165) is 12.5 Å². The SMILES string of the molecule is CC(N(C(=O)O)[C@H]1CCN(Cc2ccccc2)C1)C(F)(F)F. The minimum atomic E-state index is -4.55. The summed E-state index contributed by atoms with van der Waals surface area (Å²) in [6, 6.07) is 6.97. The minimum absolute atomic E-state index is 0.321. The molecule has 22 heavy (non-hydrogen) atoms. The lowest BCUT2D eigenvalue weighted by Gasteiger charge is -2.33. The Balaban J connectivity index is 2.02. The second kappa shape index (κ2) is 6.56. The lowest BCUT2D eigenvalue weighted by Crippen LogP contribution is -2.52. The fourth-order valence-corrected chi connectivity index (χ4v) is 2.82. The Morgan fingerprint density at radius 1 is 1.41 bits per heavy atom. The molecule has 122 valence electrons. The molecule has 7 heteroatoms. The first-order chi connectivity index (χ1) is 10.3. The largest absolute Gasteiger partial charge is 0.465 e. The van der Waals surface area contributed by atoms with Gasteiger partial charge in [0.15, 0.2) is 0 Å². The molecule has 0 bridgehead atoms. The molecule has 0 aliphatic carbocycles. The third-order valence-corrected chi connectivity index (χ3v) is 4.00. The number of rotatable bonds is 4. The number of halogens is 3. The fraction of sp³-hybridized carbons (Fsp3) is 0.533. The Hall–Kier alpha value is -1.76. The summed E-state index contributed by atoms with van der Waals surface area (Å²) in [4.78, 5) is 13.8. The van der Waals surface area contributed by atoms with E-state index < -0.39 is 24.4 Å². The van der Waals surface area contributed by atoms with Crippen LogP contribution in [0.1, 0.15) is 18.9 Å². The fourth-order valence-electron chi connectivity index (χ4n) is 2.82. The van der Waals surface area contributed by atoms with Crippen LogP contribution in [0.2, 0.25) is 0 Å². The molecule has 1 aliphatic heterocycles. The molecule has 0 radical (unpaired) electrons. The zero-order valence-electron chi connectivity index (χ0n) is 12.3. The van der Waals surface area contributed by atoms with Crippen LogP contribution in [0.3, 0.4) is 0 Å². The monoisotopic (exact) mass is 316 g/mol. The Bertz CT molecular complexity index is 507. The molecule has 1 saturated heterocycles. The van der Waals surface area contributed by atoms with Crippen molar-refractivity contribution in [2.24, 2.45) is 0 Å². The van der Waals surface area contributed by atoms with E-state index in [0.29, 0.717) is 31.0 Å². The van der Waals surface area contributed by atoms with Crippen LogP contribution in [-0.2, 0) is 6.54 Å². The normalized spacial score (nSPS) is 20.8. The standard InChI is InChI=1S/C15H19F3N2O2/c1-11(15(16,17)18)20(14(21)22)13-7-8-19(10-13)9-12-5-3-2-4-6-12/h2-6,11,13H,7-10H2,1H3,(H,21,22)/t11?,13-/m0/s1. The first kappa shape index (κ1) is 16.6. The van der Waals surface area contributed by atoms with Gasteiger partial charge in [-0.15, -0.1) is 0 Å². The van der Waals surface area contributed by atoms with Crippen molar-refractivity contribution >= 4 is 6.09 Å². The van der Waals surface area contributed by atoms with Gasteiger partial charge in [-0.05, 0) is 18.9 Å². The first-order valence-corrected chi connectivity index (χ1v) is 7.13. The zero-order valence-corrected chi connectivity index (χ0v) is 12.3. The maximum Gasteiger partial charge on any atom is 0.408 e. The summed E-state index contributed by atoms with van der Waals surface area (Å²) in [6.45, 7) is 2.43. The van der Waals surface area contributed by atoms with E-state index in [1.807, 2.05) is 35.2 Å². The molecule has 0 spiro atoms. The number of hydrogen-bond donors (Lipinski definition) is 1. The number of benzene rings is 1. The zero-order chi connectivity index (χ0) is 16.3. The lowest BCUT2D eigenvalue weighted by molar-refractivity contribution is -0.177. The van der Waals surface area contributed by atoms with Gasteiger partial charge < -0.3 is 5.11 Å². The van der Waals surface area contributed by atoms with Crippen LogP contribution in [0.4, 0.5) is 18.0 Å². The van der Waals surface area contributed by atoms with Gasteiger partial charge in [0.1, 0.15) is 6.04 Å². The summed E-state index contributed by atoms with van der Waals surface area (Å²) in [5.41, 5.74) is 1.06. The second-order valence-electron chi connectivity index (χ2n) is 5.57. The second-order valence-corrected chi connectivity index (χ2v) is 5.57. The van der Waals surface area contributed by atoms with Gasteiger partial charge in [0.05, 0.1) is 0 Å². The summed E-state index contributed by atoms with van der Waals surface area (Å²) >= 11 is 0. The van der Waals surface area contributed by atoms with Gasteiger partial charge in [0.25, 0.3) is 0 Å². The van der Waals surface area contributed by atoms with Crippen molar-refractivity contribution in [3.63, 3.8) is 0 Å². The summed E-state index contributed by atoms with van der Waals surface area (Å²) in [5, 5.41) is 9.15. The molecular weight excluding hydrogens is 297 g/mol. The van der Waals surface area contributed by atoms with Gasteiger partial charge in [-0.1, -0.05) is 30.3 Å². The molecule has 0 aromatic heterocycles. The Morgan fingerprint density at radius 3 is 2.59 bits per heavy atom. The van der Waals surface area contributed by atoms with E-state index in [2.05, 4.69) is 0 Å². The Morgan fingerprint density at radius 2 is 2.05 bits per heavy atom. The number of hydrogen-bond acceptors (Lipinski definition) is 2. The lowest BCUT2D eigenvalue weighted by atomic mass is 10.1. The predicted molar refractivity (Wildman–Crippen MR) is 75.5 cm³/mol. The molecule has 1 unspecified atom stereocenters. The van der Waals surface area contributed by atoms with Crippen molar-refractivity contribution in [3.8, 4) is 0 Å². The summed E-state index contributed by atoms with van der Waals surface area (Å²) in [7, 11) is 0. The van der Waals surface area contributed by atoms with Crippen LogP contribution in [0, 0.1) is 0 Å². The van der Waals surface area contributed by atoms with E-state index in [-0.39, 0.29) is 0 Å². The third-order valence-electron chi connectivity index (χ3n) is 4.00. The quantitative estimate of drug-likeness (QED) is 0.928. The number of alkyl halides is 3. The third kappa shape index (κ3) is 3.91. The molecule has 2 atom stereocenters. The molecule has 1 fully saturated rings. The van der Waals surface area contributed by atoms with Crippen molar-refractivity contribution < 1.29 is 23.1 Å². The van der Waals surface area contributed by atoms with Gasteiger partial charge in [0, 0.05) is 25.7 Å². The minimum Gasteiger partial charge on any atom is -0.465 e. The molecule has 1 aromatic carbocycles. The summed E-state index contributed by atoms with van der Waals surface area (Å²) in [6.07, 6.45) is -5.65. The van der Waals surface area contributed by atoms with Crippen LogP contribution in [0.15, 0.2) is 30.3 Å².